The summed E-state index contributed by atoms with van der Waals surface area (Å²) in [5.74, 6) is 0.677. The molecule has 24 heavy (non-hydrogen) atoms. The van der Waals surface area contributed by atoms with Crippen LogP contribution in [-0.4, -0.2) is 35.2 Å². The molecule has 2 atom stereocenters. The first-order valence-corrected chi connectivity index (χ1v) is 7.54. The number of morpholine rings is 1. The monoisotopic (exact) mass is 328 g/mol. The van der Waals surface area contributed by atoms with E-state index in [1.165, 1.54) is 12.1 Å². The highest BCUT2D eigenvalue weighted by molar-refractivity contribution is 5.61. The number of benzene rings is 1. The van der Waals surface area contributed by atoms with Gasteiger partial charge in [0.2, 0.25) is 17.5 Å². The number of aromatic nitrogens is 1. The first kappa shape index (κ1) is 16.0. The second-order valence-electron chi connectivity index (χ2n) is 5.75. The van der Waals surface area contributed by atoms with E-state index in [0.29, 0.717) is 24.5 Å². The van der Waals surface area contributed by atoms with Crippen molar-refractivity contribution in [2.45, 2.75) is 26.1 Å². The van der Waals surface area contributed by atoms with Crippen LogP contribution in [0.25, 0.3) is 11.5 Å². The molecule has 3 rings (SSSR count). The molecule has 1 aromatic carbocycles. The second-order valence-corrected chi connectivity index (χ2v) is 5.75. The van der Waals surface area contributed by atoms with Gasteiger partial charge in [0, 0.05) is 30.8 Å². The Kier molecular flexibility index (Phi) is 4.18. The lowest BCUT2D eigenvalue weighted by molar-refractivity contribution is -0.384. The van der Waals surface area contributed by atoms with Crippen LogP contribution in [-0.2, 0) is 4.74 Å². The SMILES string of the molecule is C[C@@H]1CN(c2oc(-c3ccc([N+](=O)[O-])cc3)nc2C#N)C[C@@H](C)O1. The van der Waals surface area contributed by atoms with Crippen molar-refractivity contribution in [3.63, 3.8) is 0 Å². The maximum Gasteiger partial charge on any atom is 0.269 e. The largest absolute Gasteiger partial charge is 0.419 e. The van der Waals surface area contributed by atoms with Crippen molar-refractivity contribution in [2.75, 3.05) is 18.0 Å². The Morgan fingerprint density at radius 3 is 2.46 bits per heavy atom. The average molecular weight is 328 g/mol. The van der Waals surface area contributed by atoms with Crippen LogP contribution >= 0.6 is 0 Å². The zero-order valence-electron chi connectivity index (χ0n) is 13.3. The minimum absolute atomic E-state index is 0.0122. The third-order valence-electron chi connectivity index (χ3n) is 3.75. The molecule has 0 radical (unpaired) electrons. The van der Waals surface area contributed by atoms with E-state index in [0.717, 1.165) is 0 Å². The Bertz CT molecular complexity index is 783. The Labute approximate surface area is 138 Å². The van der Waals surface area contributed by atoms with E-state index in [1.54, 1.807) is 12.1 Å². The van der Waals surface area contributed by atoms with Crippen molar-refractivity contribution in [3.8, 4) is 17.5 Å². The summed E-state index contributed by atoms with van der Waals surface area (Å²) in [4.78, 5) is 16.4. The van der Waals surface area contributed by atoms with E-state index in [4.69, 9.17) is 9.15 Å². The minimum Gasteiger partial charge on any atom is -0.419 e. The Morgan fingerprint density at radius 1 is 1.29 bits per heavy atom. The third-order valence-corrected chi connectivity index (χ3v) is 3.75. The van der Waals surface area contributed by atoms with Gasteiger partial charge in [-0.05, 0) is 26.0 Å². The van der Waals surface area contributed by atoms with E-state index >= 15 is 0 Å². The van der Waals surface area contributed by atoms with Gasteiger partial charge in [0.1, 0.15) is 6.07 Å². The number of nitrogens with zero attached hydrogens (tertiary/aromatic N) is 4. The van der Waals surface area contributed by atoms with E-state index in [9.17, 15) is 15.4 Å². The highest BCUT2D eigenvalue weighted by Crippen LogP contribution is 2.30. The number of anilines is 1. The molecule has 1 aromatic heterocycles. The van der Waals surface area contributed by atoms with Gasteiger partial charge in [-0.15, -0.1) is 0 Å². The summed E-state index contributed by atoms with van der Waals surface area (Å²) < 4.78 is 11.5. The second kappa shape index (κ2) is 6.29. The summed E-state index contributed by atoms with van der Waals surface area (Å²) in [7, 11) is 0. The summed E-state index contributed by atoms with van der Waals surface area (Å²) in [6.07, 6.45) is 0.0430. The molecule has 8 nitrogen and oxygen atoms in total. The summed E-state index contributed by atoms with van der Waals surface area (Å²) >= 11 is 0. The number of nitriles is 1. The van der Waals surface area contributed by atoms with Crippen molar-refractivity contribution in [2.24, 2.45) is 0 Å². The summed E-state index contributed by atoms with van der Waals surface area (Å²) in [6.45, 7) is 5.13. The molecular weight excluding hydrogens is 312 g/mol. The summed E-state index contributed by atoms with van der Waals surface area (Å²) in [6, 6.07) is 7.91. The molecule has 8 heteroatoms. The highest BCUT2D eigenvalue weighted by atomic mass is 16.6. The van der Waals surface area contributed by atoms with Gasteiger partial charge < -0.3 is 14.1 Å². The van der Waals surface area contributed by atoms with Crippen molar-refractivity contribution in [3.05, 3.63) is 40.1 Å². The number of nitro groups is 1. The fraction of sp³-hybridized carbons (Fsp3) is 0.375. The van der Waals surface area contributed by atoms with Gasteiger partial charge in [0.25, 0.3) is 5.69 Å². The van der Waals surface area contributed by atoms with Crippen LogP contribution in [0.2, 0.25) is 0 Å². The quantitative estimate of drug-likeness (QED) is 0.630. The molecule has 1 aliphatic heterocycles. The van der Waals surface area contributed by atoms with E-state index in [1.807, 2.05) is 24.8 Å². The molecule has 0 saturated carbocycles. The summed E-state index contributed by atoms with van der Waals surface area (Å²) in [5.41, 5.74) is 0.768. The topological polar surface area (TPSA) is 105 Å². The molecule has 1 fully saturated rings. The molecular formula is C16H16N4O4. The van der Waals surface area contributed by atoms with Gasteiger partial charge in [-0.25, -0.2) is 0 Å². The van der Waals surface area contributed by atoms with E-state index < -0.39 is 4.92 Å². The van der Waals surface area contributed by atoms with Gasteiger partial charge in [0.15, 0.2) is 0 Å². The lowest BCUT2D eigenvalue weighted by Crippen LogP contribution is -2.45. The lowest BCUT2D eigenvalue weighted by Gasteiger charge is -2.34. The molecule has 0 N–H and O–H groups in total. The van der Waals surface area contributed by atoms with Gasteiger partial charge in [-0.3, -0.25) is 10.1 Å². The predicted octanol–water partition coefficient (Wildman–Crippen LogP) is 2.74. The number of hydrogen-bond donors (Lipinski definition) is 0. The van der Waals surface area contributed by atoms with Crippen molar-refractivity contribution < 1.29 is 14.1 Å². The number of rotatable bonds is 3. The zero-order valence-corrected chi connectivity index (χ0v) is 13.3. The Hall–Kier alpha value is -2.92. The average Bonchev–Trinajstić information content (AvgIpc) is 2.98. The van der Waals surface area contributed by atoms with Crippen LogP contribution in [0.3, 0.4) is 0 Å². The number of ether oxygens (including phenoxy) is 1. The standard InChI is InChI=1S/C16H16N4O4/c1-10-8-19(9-11(2)23-10)16-14(7-17)18-15(24-16)12-3-5-13(6-4-12)20(21)22/h3-6,10-11H,8-9H2,1-2H3/t10-,11-/m1/s1. The molecule has 2 heterocycles. The van der Waals surface area contributed by atoms with Crippen LogP contribution < -0.4 is 4.90 Å². The molecule has 0 aliphatic carbocycles. The molecule has 0 unspecified atom stereocenters. The normalized spacial score (nSPS) is 20.6. The van der Waals surface area contributed by atoms with E-state index in [2.05, 4.69) is 4.98 Å². The molecule has 0 spiro atoms. The van der Waals surface area contributed by atoms with Crippen LogP contribution in [0.4, 0.5) is 11.6 Å². The van der Waals surface area contributed by atoms with Gasteiger partial charge in [-0.1, -0.05) is 0 Å². The van der Waals surface area contributed by atoms with Crippen molar-refractivity contribution in [1.82, 2.24) is 4.98 Å². The molecule has 1 aliphatic rings. The highest BCUT2D eigenvalue weighted by Gasteiger charge is 2.28. The van der Waals surface area contributed by atoms with Crippen LogP contribution in [0.1, 0.15) is 19.5 Å². The third kappa shape index (κ3) is 3.07. The van der Waals surface area contributed by atoms with Crippen LogP contribution in [0.15, 0.2) is 28.7 Å². The maximum absolute atomic E-state index is 10.7. The Balaban J connectivity index is 1.93. The van der Waals surface area contributed by atoms with Crippen LogP contribution in [0.5, 0.6) is 0 Å². The van der Waals surface area contributed by atoms with Gasteiger partial charge in [-0.2, -0.15) is 10.2 Å². The first-order chi connectivity index (χ1) is 11.5. The maximum atomic E-state index is 10.7. The molecule has 0 bridgehead atoms. The fourth-order valence-corrected chi connectivity index (χ4v) is 2.79. The lowest BCUT2D eigenvalue weighted by atomic mass is 10.2. The van der Waals surface area contributed by atoms with Crippen molar-refractivity contribution >= 4 is 11.6 Å². The first-order valence-electron chi connectivity index (χ1n) is 7.54. The zero-order chi connectivity index (χ0) is 17.3. The smallest absolute Gasteiger partial charge is 0.269 e. The molecule has 0 amide bonds. The number of oxazole rings is 1. The van der Waals surface area contributed by atoms with Gasteiger partial charge >= 0.3 is 0 Å². The minimum atomic E-state index is -0.470. The molecule has 1 saturated heterocycles. The van der Waals surface area contributed by atoms with E-state index in [-0.39, 0.29) is 29.5 Å². The number of hydrogen-bond acceptors (Lipinski definition) is 7. The van der Waals surface area contributed by atoms with Gasteiger partial charge in [0.05, 0.1) is 17.1 Å². The fourth-order valence-electron chi connectivity index (χ4n) is 2.79. The number of nitro benzene ring substituents is 1. The molecule has 2 aromatic rings. The van der Waals surface area contributed by atoms with Crippen molar-refractivity contribution in [1.29, 1.82) is 5.26 Å². The number of non-ortho nitro benzene ring substituents is 1. The predicted molar refractivity (Wildman–Crippen MR) is 85.5 cm³/mol. The molecule has 124 valence electrons. The Morgan fingerprint density at radius 2 is 1.92 bits per heavy atom. The van der Waals surface area contributed by atoms with Crippen LogP contribution in [0, 0.1) is 21.4 Å². The summed E-state index contributed by atoms with van der Waals surface area (Å²) in [5, 5.41) is 20.1.